The standard InChI is InChI=1S/C15H19ClN2/c1-18(2)12-5-3-10(7-12)14-9-17-15-6-4-11(16)8-13(14)15/h4,6,8-10,12,17H,3,5,7H2,1-2H3. The number of fused-ring (bicyclic) bond motifs is 1. The third-order valence-electron chi connectivity index (χ3n) is 4.25. The lowest BCUT2D eigenvalue weighted by molar-refractivity contribution is 0.297. The second kappa shape index (κ2) is 4.60. The molecule has 2 aromatic rings. The number of H-pyrrole nitrogens is 1. The van der Waals surface area contributed by atoms with Gasteiger partial charge in [0.05, 0.1) is 0 Å². The number of rotatable bonds is 2. The number of halogens is 1. The van der Waals surface area contributed by atoms with Crippen molar-refractivity contribution in [1.29, 1.82) is 0 Å². The number of hydrogen-bond donors (Lipinski definition) is 1. The summed E-state index contributed by atoms with van der Waals surface area (Å²) in [5.41, 5.74) is 2.64. The van der Waals surface area contributed by atoms with E-state index < -0.39 is 0 Å². The Bertz CT molecular complexity index is 559. The summed E-state index contributed by atoms with van der Waals surface area (Å²) in [6.07, 6.45) is 6.00. The lowest BCUT2D eigenvalue weighted by Crippen LogP contribution is -2.24. The van der Waals surface area contributed by atoms with E-state index in [4.69, 9.17) is 11.6 Å². The first-order valence-electron chi connectivity index (χ1n) is 6.58. The monoisotopic (exact) mass is 262 g/mol. The molecule has 1 heterocycles. The number of hydrogen-bond acceptors (Lipinski definition) is 1. The van der Waals surface area contributed by atoms with Gasteiger partial charge in [-0.1, -0.05) is 11.6 Å². The molecule has 2 unspecified atom stereocenters. The lowest BCUT2D eigenvalue weighted by Gasteiger charge is -2.18. The zero-order valence-corrected chi connectivity index (χ0v) is 11.7. The maximum atomic E-state index is 6.11. The van der Waals surface area contributed by atoms with E-state index in [1.54, 1.807) is 0 Å². The van der Waals surface area contributed by atoms with Crippen molar-refractivity contribution < 1.29 is 0 Å². The number of benzene rings is 1. The Kier molecular flexibility index (Phi) is 3.08. The largest absolute Gasteiger partial charge is 0.361 e. The summed E-state index contributed by atoms with van der Waals surface area (Å²) in [5, 5.41) is 2.12. The Morgan fingerprint density at radius 3 is 2.83 bits per heavy atom. The average molecular weight is 263 g/mol. The molecule has 2 atom stereocenters. The van der Waals surface area contributed by atoms with Crippen molar-refractivity contribution >= 4 is 22.5 Å². The van der Waals surface area contributed by atoms with Crippen LogP contribution in [0.15, 0.2) is 24.4 Å². The van der Waals surface area contributed by atoms with Crippen LogP contribution in [-0.2, 0) is 0 Å². The van der Waals surface area contributed by atoms with Gasteiger partial charge >= 0.3 is 0 Å². The minimum absolute atomic E-state index is 0.671. The van der Waals surface area contributed by atoms with Gasteiger partial charge in [-0.15, -0.1) is 0 Å². The third kappa shape index (κ3) is 2.04. The molecular formula is C15H19ClN2. The average Bonchev–Trinajstić information content (AvgIpc) is 2.93. The van der Waals surface area contributed by atoms with Gasteiger partial charge in [0.2, 0.25) is 0 Å². The molecule has 0 spiro atoms. The fraction of sp³-hybridized carbons (Fsp3) is 0.467. The molecule has 1 aliphatic carbocycles. The van der Waals surface area contributed by atoms with Gasteiger partial charge in [0.15, 0.2) is 0 Å². The maximum absolute atomic E-state index is 6.11. The zero-order valence-electron chi connectivity index (χ0n) is 10.9. The molecule has 2 nitrogen and oxygen atoms in total. The van der Waals surface area contributed by atoms with Gasteiger partial charge < -0.3 is 9.88 Å². The number of aromatic nitrogens is 1. The molecule has 3 heteroatoms. The molecule has 0 aliphatic heterocycles. The van der Waals surface area contributed by atoms with E-state index in [2.05, 4.69) is 42.3 Å². The summed E-state index contributed by atoms with van der Waals surface area (Å²) in [5.74, 6) is 0.671. The van der Waals surface area contributed by atoms with Crippen LogP contribution in [0.4, 0.5) is 0 Å². The Balaban J connectivity index is 1.93. The molecule has 1 aromatic carbocycles. The zero-order chi connectivity index (χ0) is 12.7. The van der Waals surface area contributed by atoms with E-state index in [1.165, 1.54) is 35.7 Å². The molecule has 0 radical (unpaired) electrons. The van der Waals surface area contributed by atoms with Gasteiger partial charge in [0.1, 0.15) is 0 Å². The van der Waals surface area contributed by atoms with Crippen molar-refractivity contribution in [2.75, 3.05) is 14.1 Å². The van der Waals surface area contributed by atoms with Crippen molar-refractivity contribution in [3.05, 3.63) is 35.0 Å². The molecule has 0 amide bonds. The molecule has 1 fully saturated rings. The Labute approximate surface area is 113 Å². The molecule has 1 aliphatic rings. The van der Waals surface area contributed by atoms with Crippen LogP contribution in [0.25, 0.3) is 10.9 Å². The predicted molar refractivity (Wildman–Crippen MR) is 77.4 cm³/mol. The fourth-order valence-corrected chi connectivity index (χ4v) is 3.33. The quantitative estimate of drug-likeness (QED) is 0.866. The van der Waals surface area contributed by atoms with Gasteiger partial charge in [-0.3, -0.25) is 0 Å². The van der Waals surface area contributed by atoms with Crippen LogP contribution in [0.2, 0.25) is 5.02 Å². The highest BCUT2D eigenvalue weighted by Crippen LogP contribution is 2.39. The highest BCUT2D eigenvalue weighted by molar-refractivity contribution is 6.31. The Morgan fingerprint density at radius 1 is 1.28 bits per heavy atom. The highest BCUT2D eigenvalue weighted by Gasteiger charge is 2.28. The van der Waals surface area contributed by atoms with Crippen LogP contribution in [0, 0.1) is 0 Å². The molecule has 1 saturated carbocycles. The fourth-order valence-electron chi connectivity index (χ4n) is 3.16. The molecule has 18 heavy (non-hydrogen) atoms. The first-order chi connectivity index (χ1) is 8.65. The lowest BCUT2D eigenvalue weighted by atomic mass is 9.97. The predicted octanol–water partition coefficient (Wildman–Crippen LogP) is 4.02. The van der Waals surface area contributed by atoms with E-state index in [0.29, 0.717) is 5.92 Å². The first kappa shape index (κ1) is 12.1. The van der Waals surface area contributed by atoms with Crippen molar-refractivity contribution in [2.45, 2.75) is 31.2 Å². The first-order valence-corrected chi connectivity index (χ1v) is 6.96. The molecule has 0 bridgehead atoms. The maximum Gasteiger partial charge on any atom is 0.0457 e. The van der Waals surface area contributed by atoms with Crippen LogP contribution < -0.4 is 0 Å². The summed E-state index contributed by atoms with van der Waals surface area (Å²) in [6.45, 7) is 0. The van der Waals surface area contributed by atoms with Crippen LogP contribution >= 0.6 is 11.6 Å². The molecule has 3 rings (SSSR count). The van der Waals surface area contributed by atoms with Crippen LogP contribution in [0.1, 0.15) is 30.7 Å². The van der Waals surface area contributed by atoms with Gasteiger partial charge in [-0.25, -0.2) is 0 Å². The second-order valence-electron chi connectivity index (χ2n) is 5.56. The SMILES string of the molecule is CN(C)C1CCC(c2c[nH]c3ccc(Cl)cc23)C1. The third-order valence-corrected chi connectivity index (χ3v) is 4.49. The molecule has 1 N–H and O–H groups in total. The van der Waals surface area contributed by atoms with Crippen molar-refractivity contribution in [3.63, 3.8) is 0 Å². The molecule has 0 saturated heterocycles. The summed E-state index contributed by atoms with van der Waals surface area (Å²) in [4.78, 5) is 5.71. The second-order valence-corrected chi connectivity index (χ2v) is 6.00. The summed E-state index contributed by atoms with van der Waals surface area (Å²) < 4.78 is 0. The smallest absolute Gasteiger partial charge is 0.0457 e. The summed E-state index contributed by atoms with van der Waals surface area (Å²) in [7, 11) is 4.36. The van der Waals surface area contributed by atoms with Crippen molar-refractivity contribution in [1.82, 2.24) is 9.88 Å². The number of nitrogens with zero attached hydrogens (tertiary/aromatic N) is 1. The summed E-state index contributed by atoms with van der Waals surface area (Å²) in [6, 6.07) is 6.83. The van der Waals surface area contributed by atoms with E-state index in [9.17, 15) is 0 Å². The normalized spacial score (nSPS) is 24.2. The van der Waals surface area contributed by atoms with E-state index in [1.807, 2.05) is 6.07 Å². The van der Waals surface area contributed by atoms with E-state index in [0.717, 1.165) is 11.1 Å². The van der Waals surface area contributed by atoms with Crippen molar-refractivity contribution in [3.8, 4) is 0 Å². The Hall–Kier alpha value is -0.990. The Morgan fingerprint density at radius 2 is 2.11 bits per heavy atom. The van der Waals surface area contributed by atoms with Gasteiger partial charge in [0.25, 0.3) is 0 Å². The van der Waals surface area contributed by atoms with Gasteiger partial charge in [-0.05, 0) is 63.0 Å². The minimum Gasteiger partial charge on any atom is -0.361 e. The number of nitrogens with one attached hydrogen (secondary N) is 1. The highest BCUT2D eigenvalue weighted by atomic mass is 35.5. The molecular weight excluding hydrogens is 244 g/mol. The van der Waals surface area contributed by atoms with E-state index in [-0.39, 0.29) is 0 Å². The molecule has 96 valence electrons. The van der Waals surface area contributed by atoms with Gasteiger partial charge in [0, 0.05) is 28.2 Å². The summed E-state index contributed by atoms with van der Waals surface area (Å²) >= 11 is 6.11. The van der Waals surface area contributed by atoms with Crippen LogP contribution in [0.3, 0.4) is 0 Å². The van der Waals surface area contributed by atoms with Crippen molar-refractivity contribution in [2.24, 2.45) is 0 Å². The van der Waals surface area contributed by atoms with E-state index >= 15 is 0 Å². The molecule has 1 aromatic heterocycles. The van der Waals surface area contributed by atoms with Gasteiger partial charge in [-0.2, -0.15) is 0 Å². The minimum atomic E-state index is 0.671. The van der Waals surface area contributed by atoms with Crippen LogP contribution in [0.5, 0.6) is 0 Å². The number of aromatic amines is 1. The van der Waals surface area contributed by atoms with Crippen LogP contribution in [-0.4, -0.2) is 30.0 Å². The topological polar surface area (TPSA) is 19.0 Å².